The molecule has 0 aromatic heterocycles. The Morgan fingerprint density at radius 3 is 2.80 bits per heavy atom. The van der Waals surface area contributed by atoms with Crippen molar-refractivity contribution in [1.82, 2.24) is 0 Å². The third kappa shape index (κ3) is 5.88. The Labute approximate surface area is 118 Å². The number of aliphatic hydroxyl groups excluding tert-OH is 1. The first-order valence-electron chi connectivity index (χ1n) is 6.87. The fourth-order valence-corrected chi connectivity index (χ4v) is 1.72. The van der Waals surface area contributed by atoms with Gasteiger partial charge in [0.1, 0.15) is 5.75 Å². The number of hydrogen-bond donors (Lipinski definition) is 2. The molecule has 0 saturated carbocycles. The van der Waals surface area contributed by atoms with Crippen LogP contribution in [0.3, 0.4) is 0 Å². The van der Waals surface area contributed by atoms with Gasteiger partial charge in [-0.1, -0.05) is 6.92 Å². The van der Waals surface area contributed by atoms with Crippen LogP contribution in [0, 0.1) is 10.1 Å². The Hall–Kier alpha value is -1.82. The third-order valence-electron chi connectivity index (χ3n) is 2.70. The molecule has 1 aromatic rings. The van der Waals surface area contributed by atoms with E-state index in [-0.39, 0.29) is 11.8 Å². The number of anilines is 1. The number of nitrogens with zero attached hydrogens (tertiary/aromatic N) is 1. The van der Waals surface area contributed by atoms with Gasteiger partial charge in [-0.15, -0.1) is 0 Å². The summed E-state index contributed by atoms with van der Waals surface area (Å²) in [5.41, 5.74) is 0.674. The molecule has 6 nitrogen and oxygen atoms in total. The summed E-state index contributed by atoms with van der Waals surface area (Å²) >= 11 is 0. The smallest absolute Gasteiger partial charge is 0.275 e. The number of nitro benzene ring substituents is 1. The highest BCUT2D eigenvalue weighted by atomic mass is 16.6. The van der Waals surface area contributed by atoms with Crippen molar-refractivity contribution in [3.05, 3.63) is 28.3 Å². The molecule has 0 aliphatic rings. The van der Waals surface area contributed by atoms with Crippen molar-refractivity contribution in [2.45, 2.75) is 39.2 Å². The van der Waals surface area contributed by atoms with E-state index in [4.69, 9.17) is 4.74 Å². The summed E-state index contributed by atoms with van der Waals surface area (Å²) in [5, 5.41) is 23.2. The summed E-state index contributed by atoms with van der Waals surface area (Å²) < 4.78 is 5.45. The molecule has 112 valence electrons. The molecule has 0 saturated heterocycles. The highest BCUT2D eigenvalue weighted by Gasteiger charge is 2.10. The molecule has 20 heavy (non-hydrogen) atoms. The molecule has 0 radical (unpaired) electrons. The number of aliphatic hydroxyl groups is 1. The van der Waals surface area contributed by atoms with Crippen molar-refractivity contribution >= 4 is 11.4 Å². The minimum Gasteiger partial charge on any atom is -0.493 e. The van der Waals surface area contributed by atoms with E-state index in [0.717, 1.165) is 12.8 Å². The maximum Gasteiger partial charge on any atom is 0.275 e. The minimum absolute atomic E-state index is 0.0108. The molecule has 1 aromatic carbocycles. The topological polar surface area (TPSA) is 84.6 Å². The van der Waals surface area contributed by atoms with Crippen LogP contribution >= 0.6 is 0 Å². The summed E-state index contributed by atoms with van der Waals surface area (Å²) in [7, 11) is 0. The number of hydrogen-bond acceptors (Lipinski definition) is 5. The van der Waals surface area contributed by atoms with E-state index in [1.807, 2.05) is 6.92 Å². The monoisotopic (exact) mass is 282 g/mol. The zero-order valence-corrected chi connectivity index (χ0v) is 12.0. The van der Waals surface area contributed by atoms with Crippen LogP contribution < -0.4 is 10.1 Å². The Morgan fingerprint density at radius 1 is 1.45 bits per heavy atom. The molecule has 2 N–H and O–H groups in total. The molecular weight excluding hydrogens is 260 g/mol. The summed E-state index contributed by atoms with van der Waals surface area (Å²) in [4.78, 5) is 10.5. The first-order chi connectivity index (χ1) is 9.52. The van der Waals surface area contributed by atoms with Crippen molar-refractivity contribution in [2.75, 3.05) is 18.5 Å². The van der Waals surface area contributed by atoms with Crippen molar-refractivity contribution in [3.63, 3.8) is 0 Å². The van der Waals surface area contributed by atoms with Crippen LogP contribution in [0.2, 0.25) is 0 Å². The van der Waals surface area contributed by atoms with E-state index in [0.29, 0.717) is 31.0 Å². The zero-order chi connectivity index (χ0) is 15.0. The lowest BCUT2D eigenvalue weighted by molar-refractivity contribution is -0.384. The lowest BCUT2D eigenvalue weighted by Gasteiger charge is -2.10. The van der Waals surface area contributed by atoms with Crippen LogP contribution in [-0.4, -0.2) is 29.3 Å². The zero-order valence-electron chi connectivity index (χ0n) is 12.0. The van der Waals surface area contributed by atoms with E-state index < -0.39 is 4.92 Å². The van der Waals surface area contributed by atoms with Crippen molar-refractivity contribution in [2.24, 2.45) is 0 Å². The SMILES string of the molecule is CCCOc1cc(NCCCC(C)O)cc([N+](=O)[O-])c1. The maximum atomic E-state index is 10.9. The predicted molar refractivity (Wildman–Crippen MR) is 78.3 cm³/mol. The molecular formula is C14H22N2O4. The van der Waals surface area contributed by atoms with Gasteiger partial charge in [-0.2, -0.15) is 0 Å². The van der Waals surface area contributed by atoms with Gasteiger partial charge in [0, 0.05) is 24.4 Å². The van der Waals surface area contributed by atoms with Crippen LogP contribution in [0.5, 0.6) is 5.75 Å². The van der Waals surface area contributed by atoms with Gasteiger partial charge < -0.3 is 15.2 Å². The van der Waals surface area contributed by atoms with Gasteiger partial charge in [-0.3, -0.25) is 10.1 Å². The van der Waals surface area contributed by atoms with Crippen LogP contribution in [-0.2, 0) is 0 Å². The summed E-state index contributed by atoms with van der Waals surface area (Å²) in [5.74, 6) is 0.499. The number of nitrogens with one attached hydrogen (secondary N) is 1. The molecule has 0 fully saturated rings. The van der Waals surface area contributed by atoms with Crippen LogP contribution in [0.15, 0.2) is 18.2 Å². The molecule has 0 bridgehead atoms. The number of rotatable bonds is 9. The molecule has 1 atom stereocenters. The average Bonchev–Trinajstić information content (AvgIpc) is 2.41. The summed E-state index contributed by atoms with van der Waals surface area (Å²) in [6.45, 7) is 4.90. The van der Waals surface area contributed by atoms with Crippen molar-refractivity contribution < 1.29 is 14.8 Å². The van der Waals surface area contributed by atoms with Gasteiger partial charge in [-0.25, -0.2) is 0 Å². The molecule has 1 unspecified atom stereocenters. The molecule has 0 amide bonds. The second-order valence-electron chi connectivity index (χ2n) is 4.74. The van der Waals surface area contributed by atoms with E-state index in [9.17, 15) is 15.2 Å². The van der Waals surface area contributed by atoms with Crippen LogP contribution in [0.25, 0.3) is 0 Å². The lowest BCUT2D eigenvalue weighted by Crippen LogP contribution is -2.07. The first-order valence-corrected chi connectivity index (χ1v) is 6.87. The fourth-order valence-electron chi connectivity index (χ4n) is 1.72. The largest absolute Gasteiger partial charge is 0.493 e. The standard InChI is InChI=1S/C14H22N2O4/c1-3-7-20-14-9-12(8-13(10-14)16(18)19)15-6-4-5-11(2)17/h8-11,15,17H,3-7H2,1-2H3. The fraction of sp³-hybridized carbons (Fsp3) is 0.571. The van der Waals surface area contributed by atoms with Gasteiger partial charge in [0.2, 0.25) is 0 Å². The Morgan fingerprint density at radius 2 is 2.20 bits per heavy atom. The molecule has 6 heteroatoms. The average molecular weight is 282 g/mol. The van der Waals surface area contributed by atoms with E-state index >= 15 is 0 Å². The van der Waals surface area contributed by atoms with Gasteiger partial charge >= 0.3 is 0 Å². The van der Waals surface area contributed by atoms with E-state index in [1.54, 1.807) is 13.0 Å². The Kier molecular flexibility index (Phi) is 6.79. The van der Waals surface area contributed by atoms with Gasteiger partial charge in [0.05, 0.1) is 23.7 Å². The van der Waals surface area contributed by atoms with Crippen molar-refractivity contribution in [3.8, 4) is 5.75 Å². The normalized spacial score (nSPS) is 11.9. The first kappa shape index (κ1) is 16.2. The lowest BCUT2D eigenvalue weighted by atomic mass is 10.2. The Bertz CT molecular complexity index is 435. The molecule has 0 heterocycles. The number of nitro groups is 1. The Balaban J connectivity index is 2.67. The quantitative estimate of drug-likeness (QED) is 0.413. The third-order valence-corrected chi connectivity index (χ3v) is 2.70. The van der Waals surface area contributed by atoms with E-state index in [2.05, 4.69) is 5.32 Å². The van der Waals surface area contributed by atoms with Crippen LogP contribution in [0.1, 0.15) is 33.1 Å². The number of ether oxygens (including phenoxy) is 1. The van der Waals surface area contributed by atoms with Crippen molar-refractivity contribution in [1.29, 1.82) is 0 Å². The predicted octanol–water partition coefficient (Wildman–Crippen LogP) is 2.96. The summed E-state index contributed by atoms with van der Waals surface area (Å²) in [6.07, 6.45) is 2.01. The highest BCUT2D eigenvalue weighted by molar-refractivity contribution is 5.56. The number of non-ortho nitro benzene ring substituents is 1. The van der Waals surface area contributed by atoms with E-state index in [1.165, 1.54) is 12.1 Å². The molecule has 0 aliphatic carbocycles. The van der Waals surface area contributed by atoms with Crippen LogP contribution in [0.4, 0.5) is 11.4 Å². The number of benzene rings is 1. The van der Waals surface area contributed by atoms with Gasteiger partial charge in [-0.05, 0) is 26.2 Å². The van der Waals surface area contributed by atoms with Gasteiger partial charge in [0.25, 0.3) is 5.69 Å². The molecule has 0 aliphatic heterocycles. The molecule has 1 rings (SSSR count). The minimum atomic E-state index is -0.431. The highest BCUT2D eigenvalue weighted by Crippen LogP contribution is 2.26. The maximum absolute atomic E-state index is 10.9. The second kappa shape index (κ2) is 8.37. The van der Waals surface area contributed by atoms with Gasteiger partial charge in [0.15, 0.2) is 0 Å². The molecule has 0 spiro atoms. The summed E-state index contributed by atoms with van der Waals surface area (Å²) in [6, 6.07) is 4.67. The second-order valence-corrected chi connectivity index (χ2v) is 4.74.